The number of carbonyl (C=O) groups is 1. The predicted octanol–water partition coefficient (Wildman–Crippen LogP) is 2.87. The van der Waals surface area contributed by atoms with Crippen LogP contribution < -0.4 is 11.1 Å². The highest BCUT2D eigenvalue weighted by molar-refractivity contribution is 5.98. The summed E-state index contributed by atoms with van der Waals surface area (Å²) in [6.45, 7) is 8.23. The van der Waals surface area contributed by atoms with E-state index in [1.807, 2.05) is 26.0 Å². The SMILES string of the molecule is Cc1ccc(N)c(NC(=O)C2CC2(C)C)c1C. The van der Waals surface area contributed by atoms with E-state index < -0.39 is 0 Å². The number of amides is 1. The molecule has 3 N–H and O–H groups in total. The second-order valence-electron chi connectivity index (χ2n) is 5.71. The van der Waals surface area contributed by atoms with Crippen LogP contribution in [0.5, 0.6) is 0 Å². The van der Waals surface area contributed by atoms with Crippen LogP contribution in [0.3, 0.4) is 0 Å². The van der Waals surface area contributed by atoms with Crippen LogP contribution >= 0.6 is 0 Å². The normalized spacial score (nSPS) is 21.1. The highest BCUT2D eigenvalue weighted by Crippen LogP contribution is 2.52. The fourth-order valence-electron chi connectivity index (χ4n) is 2.13. The smallest absolute Gasteiger partial charge is 0.228 e. The molecule has 0 spiro atoms. The van der Waals surface area contributed by atoms with E-state index in [0.717, 1.165) is 23.2 Å². The zero-order chi connectivity index (χ0) is 12.8. The van der Waals surface area contributed by atoms with Gasteiger partial charge in [0.05, 0.1) is 11.4 Å². The van der Waals surface area contributed by atoms with E-state index in [1.165, 1.54) is 0 Å². The van der Waals surface area contributed by atoms with Crippen molar-refractivity contribution in [1.29, 1.82) is 0 Å². The average molecular weight is 232 g/mol. The van der Waals surface area contributed by atoms with Gasteiger partial charge >= 0.3 is 0 Å². The molecular formula is C14H20N2O. The number of anilines is 2. The summed E-state index contributed by atoms with van der Waals surface area (Å²) in [5.74, 6) is 0.220. The van der Waals surface area contributed by atoms with Crippen LogP contribution in [0.1, 0.15) is 31.4 Å². The van der Waals surface area contributed by atoms with Gasteiger partial charge in [-0.3, -0.25) is 4.79 Å². The van der Waals surface area contributed by atoms with Crippen LogP contribution in [0.2, 0.25) is 0 Å². The number of carbonyl (C=O) groups excluding carboxylic acids is 1. The Bertz CT molecular complexity index is 477. The van der Waals surface area contributed by atoms with Gasteiger partial charge in [0.15, 0.2) is 0 Å². The Morgan fingerprint density at radius 2 is 2.00 bits per heavy atom. The standard InChI is InChI=1S/C14H20N2O/c1-8-5-6-11(15)12(9(8)2)16-13(17)10-7-14(10,3)4/h5-6,10H,7,15H2,1-4H3,(H,16,17). The first-order chi connectivity index (χ1) is 7.83. The lowest BCUT2D eigenvalue weighted by Gasteiger charge is -2.13. The summed E-state index contributed by atoms with van der Waals surface area (Å²) in [5.41, 5.74) is 9.67. The Balaban J connectivity index is 2.20. The molecule has 0 radical (unpaired) electrons. The molecule has 92 valence electrons. The lowest BCUT2D eigenvalue weighted by atomic mass is 10.1. The fourth-order valence-corrected chi connectivity index (χ4v) is 2.13. The third-order valence-electron chi connectivity index (χ3n) is 3.85. The van der Waals surface area contributed by atoms with E-state index >= 15 is 0 Å². The number of nitrogen functional groups attached to an aromatic ring is 1. The summed E-state index contributed by atoms with van der Waals surface area (Å²) in [5, 5.41) is 2.97. The molecule has 1 saturated carbocycles. The molecule has 0 heterocycles. The highest BCUT2D eigenvalue weighted by atomic mass is 16.2. The zero-order valence-electron chi connectivity index (χ0n) is 10.9. The van der Waals surface area contributed by atoms with Crippen LogP contribution in [-0.2, 0) is 4.79 Å². The number of nitrogens with one attached hydrogen (secondary N) is 1. The number of rotatable bonds is 2. The zero-order valence-corrected chi connectivity index (χ0v) is 10.9. The van der Waals surface area contributed by atoms with Gasteiger partial charge in [-0.1, -0.05) is 19.9 Å². The molecule has 2 rings (SSSR count). The number of nitrogens with two attached hydrogens (primary N) is 1. The molecule has 1 fully saturated rings. The first-order valence-electron chi connectivity index (χ1n) is 5.99. The molecular weight excluding hydrogens is 212 g/mol. The van der Waals surface area contributed by atoms with E-state index in [-0.39, 0.29) is 17.2 Å². The Hall–Kier alpha value is -1.51. The second kappa shape index (κ2) is 3.76. The van der Waals surface area contributed by atoms with E-state index in [4.69, 9.17) is 5.73 Å². The van der Waals surface area contributed by atoms with Gasteiger partial charge in [-0.25, -0.2) is 0 Å². The molecule has 1 atom stereocenters. The Kier molecular flexibility index (Phi) is 2.64. The summed E-state index contributed by atoms with van der Waals surface area (Å²) in [7, 11) is 0. The molecule has 1 aromatic carbocycles. The predicted molar refractivity (Wildman–Crippen MR) is 70.8 cm³/mol. The monoisotopic (exact) mass is 232 g/mol. The van der Waals surface area contributed by atoms with Crippen molar-refractivity contribution in [3.63, 3.8) is 0 Å². The molecule has 1 amide bonds. The Labute approximate surface area is 102 Å². The van der Waals surface area contributed by atoms with Gasteiger partial charge < -0.3 is 11.1 Å². The van der Waals surface area contributed by atoms with Gasteiger partial charge in [0.2, 0.25) is 5.91 Å². The average Bonchev–Trinajstić information content (AvgIpc) is 2.88. The van der Waals surface area contributed by atoms with Crippen molar-refractivity contribution in [1.82, 2.24) is 0 Å². The molecule has 1 aliphatic rings. The van der Waals surface area contributed by atoms with Crippen LogP contribution in [0.25, 0.3) is 0 Å². The molecule has 17 heavy (non-hydrogen) atoms. The van der Waals surface area contributed by atoms with Crippen molar-refractivity contribution in [2.24, 2.45) is 11.3 Å². The van der Waals surface area contributed by atoms with Crippen molar-refractivity contribution >= 4 is 17.3 Å². The maximum Gasteiger partial charge on any atom is 0.228 e. The molecule has 0 bridgehead atoms. The first kappa shape index (κ1) is 12.0. The minimum Gasteiger partial charge on any atom is -0.397 e. The van der Waals surface area contributed by atoms with Crippen molar-refractivity contribution in [2.45, 2.75) is 34.1 Å². The summed E-state index contributed by atoms with van der Waals surface area (Å²) < 4.78 is 0. The summed E-state index contributed by atoms with van der Waals surface area (Å²) >= 11 is 0. The van der Waals surface area contributed by atoms with Crippen LogP contribution in [0.4, 0.5) is 11.4 Å². The van der Waals surface area contributed by atoms with Crippen molar-refractivity contribution in [3.05, 3.63) is 23.3 Å². The van der Waals surface area contributed by atoms with Gasteiger partial charge in [-0.2, -0.15) is 0 Å². The van der Waals surface area contributed by atoms with Gasteiger partial charge in [0.1, 0.15) is 0 Å². The maximum absolute atomic E-state index is 12.0. The largest absolute Gasteiger partial charge is 0.397 e. The van der Waals surface area contributed by atoms with Crippen molar-refractivity contribution in [2.75, 3.05) is 11.1 Å². The molecule has 3 nitrogen and oxygen atoms in total. The lowest BCUT2D eigenvalue weighted by molar-refractivity contribution is -0.118. The molecule has 3 heteroatoms. The van der Waals surface area contributed by atoms with Gasteiger partial charge in [-0.15, -0.1) is 0 Å². The molecule has 0 aromatic heterocycles. The topological polar surface area (TPSA) is 55.1 Å². The molecule has 1 unspecified atom stereocenters. The van der Waals surface area contributed by atoms with E-state index in [0.29, 0.717) is 5.69 Å². The number of benzene rings is 1. The summed E-state index contributed by atoms with van der Waals surface area (Å²) in [6, 6.07) is 3.82. The Morgan fingerprint density at radius 1 is 1.41 bits per heavy atom. The van der Waals surface area contributed by atoms with Crippen LogP contribution in [-0.4, -0.2) is 5.91 Å². The van der Waals surface area contributed by atoms with Crippen molar-refractivity contribution < 1.29 is 4.79 Å². The molecule has 0 aliphatic heterocycles. The minimum absolute atomic E-state index is 0.0930. The van der Waals surface area contributed by atoms with Crippen molar-refractivity contribution in [3.8, 4) is 0 Å². The van der Waals surface area contributed by atoms with Crippen LogP contribution in [0.15, 0.2) is 12.1 Å². The Morgan fingerprint density at radius 3 is 2.53 bits per heavy atom. The van der Waals surface area contributed by atoms with Crippen LogP contribution in [0, 0.1) is 25.2 Å². The molecule has 0 saturated heterocycles. The maximum atomic E-state index is 12.0. The van der Waals surface area contributed by atoms with Gasteiger partial charge in [0, 0.05) is 5.92 Å². The summed E-state index contributed by atoms with van der Waals surface area (Å²) in [6.07, 6.45) is 0.962. The number of hydrogen-bond donors (Lipinski definition) is 2. The van der Waals surface area contributed by atoms with E-state index in [1.54, 1.807) is 0 Å². The third-order valence-corrected chi connectivity index (χ3v) is 3.85. The second-order valence-corrected chi connectivity index (χ2v) is 5.71. The number of aryl methyl sites for hydroxylation is 1. The molecule has 1 aromatic rings. The quantitative estimate of drug-likeness (QED) is 0.770. The third kappa shape index (κ3) is 2.14. The number of hydrogen-bond acceptors (Lipinski definition) is 2. The fraction of sp³-hybridized carbons (Fsp3) is 0.500. The minimum atomic E-state index is 0.0930. The van der Waals surface area contributed by atoms with E-state index in [9.17, 15) is 4.79 Å². The lowest BCUT2D eigenvalue weighted by Crippen LogP contribution is -2.18. The molecule has 1 aliphatic carbocycles. The van der Waals surface area contributed by atoms with E-state index in [2.05, 4.69) is 19.2 Å². The highest BCUT2D eigenvalue weighted by Gasteiger charge is 2.50. The van der Waals surface area contributed by atoms with Gasteiger partial charge in [0.25, 0.3) is 0 Å². The van der Waals surface area contributed by atoms with Gasteiger partial charge in [-0.05, 0) is 42.9 Å². The first-order valence-corrected chi connectivity index (χ1v) is 5.99. The summed E-state index contributed by atoms with van der Waals surface area (Å²) in [4.78, 5) is 12.0.